The summed E-state index contributed by atoms with van der Waals surface area (Å²) >= 11 is 15.5. The third kappa shape index (κ3) is 5.10. The van der Waals surface area contributed by atoms with Crippen LogP contribution in [-0.2, 0) is 4.79 Å². The average Bonchev–Trinajstić information content (AvgIpc) is 3.46. The maximum absolute atomic E-state index is 14.2. The molecular weight excluding hydrogens is 599 g/mol. The smallest absolute Gasteiger partial charge is 0.268 e. The second-order valence-corrected chi connectivity index (χ2v) is 12.7. The van der Waals surface area contributed by atoms with Gasteiger partial charge < -0.3 is 0 Å². The molecule has 4 aromatic carbocycles. The second-order valence-electron chi connectivity index (χ2n) is 9.26. The van der Waals surface area contributed by atoms with E-state index in [9.17, 15) is 14.9 Å². The minimum Gasteiger partial charge on any atom is -0.268 e. The van der Waals surface area contributed by atoms with Gasteiger partial charge in [0, 0.05) is 28.4 Å². The summed E-state index contributed by atoms with van der Waals surface area (Å²) in [5.41, 5.74) is 3.87. The van der Waals surface area contributed by atoms with Crippen molar-refractivity contribution in [3.05, 3.63) is 139 Å². The summed E-state index contributed by atoms with van der Waals surface area (Å²) in [7, 11) is 0. The highest BCUT2D eigenvalue weighted by molar-refractivity contribution is 8.28. The van der Waals surface area contributed by atoms with Crippen molar-refractivity contribution in [3.63, 3.8) is 0 Å². The van der Waals surface area contributed by atoms with Crippen LogP contribution in [0, 0.1) is 17.0 Å². The van der Waals surface area contributed by atoms with Crippen molar-refractivity contribution in [2.45, 2.75) is 11.3 Å². The zero-order chi connectivity index (χ0) is 28.7. The molecule has 7 nitrogen and oxygen atoms in total. The van der Waals surface area contributed by atoms with E-state index < -0.39 is 9.25 Å². The zero-order valence-electron chi connectivity index (χ0n) is 21.4. The number of anilines is 2. The van der Waals surface area contributed by atoms with Gasteiger partial charge in [-0.15, -0.1) is 0 Å². The molecule has 1 fully saturated rings. The number of hydrazone groups is 1. The Morgan fingerprint density at radius 3 is 2.27 bits per heavy atom. The van der Waals surface area contributed by atoms with Crippen LogP contribution in [0.1, 0.15) is 16.7 Å². The fraction of sp³-hybridized carbons (Fsp3) is 0.0667. The van der Waals surface area contributed by atoms with Crippen LogP contribution in [0.25, 0.3) is 6.08 Å². The molecular formula is C30H20Cl2N4O3S2. The Kier molecular flexibility index (Phi) is 7.29. The Balaban J connectivity index is 1.54. The number of aryl methyl sites for hydroxylation is 1. The molecule has 1 spiro atoms. The van der Waals surface area contributed by atoms with Crippen LogP contribution in [0.3, 0.4) is 0 Å². The maximum Gasteiger partial charge on any atom is 0.269 e. The van der Waals surface area contributed by atoms with Crippen LogP contribution >= 0.6 is 46.7 Å². The number of para-hydroxylation sites is 1. The van der Waals surface area contributed by atoms with Crippen molar-refractivity contribution in [3.8, 4) is 0 Å². The quantitative estimate of drug-likeness (QED) is 0.127. The summed E-state index contributed by atoms with van der Waals surface area (Å²) in [5, 5.41) is 19.5. The third-order valence-corrected chi connectivity index (χ3v) is 9.78. The summed E-state index contributed by atoms with van der Waals surface area (Å²) in [6.07, 6.45) is 1.87. The summed E-state index contributed by atoms with van der Waals surface area (Å²) in [5.74, 6) is -0.195. The van der Waals surface area contributed by atoms with Crippen LogP contribution in [0.15, 0.2) is 107 Å². The number of carbonyl (C=O) groups excluding carboxylic acids is 1. The number of hydrogen-bond donors (Lipinski definition) is 0. The Hall–Kier alpha value is -3.76. The standard InChI is InChI=1S/C30H20Cl2N4O3S2/c1-19-7-9-20(10-8-19)17-27-29(37)34(22-5-3-2-4-6-22)30(40-27)35(23-12-14-24(15-13-23)36(38)39)33-28(41-30)25-16-11-21(31)18-26(25)32/h2-18H,1H3/b27-17-. The molecule has 2 aliphatic heterocycles. The summed E-state index contributed by atoms with van der Waals surface area (Å²) < 4.78 is -1.14. The average molecular weight is 620 g/mol. The normalized spacial score (nSPS) is 19.3. The number of amides is 1. The van der Waals surface area contributed by atoms with Gasteiger partial charge in [-0.3, -0.25) is 19.8 Å². The lowest BCUT2D eigenvalue weighted by molar-refractivity contribution is -0.384. The molecule has 11 heteroatoms. The van der Waals surface area contributed by atoms with E-state index in [0.29, 0.717) is 36.9 Å². The van der Waals surface area contributed by atoms with Gasteiger partial charge >= 0.3 is 0 Å². The van der Waals surface area contributed by atoms with Crippen LogP contribution in [0.4, 0.5) is 17.1 Å². The van der Waals surface area contributed by atoms with Crippen molar-refractivity contribution < 1.29 is 9.72 Å². The molecule has 1 atom stereocenters. The molecule has 2 heterocycles. The minimum absolute atomic E-state index is 0.0466. The first kappa shape index (κ1) is 27.4. The van der Waals surface area contributed by atoms with Crippen molar-refractivity contribution in [1.29, 1.82) is 0 Å². The van der Waals surface area contributed by atoms with Crippen LogP contribution in [0.5, 0.6) is 0 Å². The highest BCUT2D eigenvalue weighted by Crippen LogP contribution is 2.60. The summed E-state index contributed by atoms with van der Waals surface area (Å²) in [6.45, 7) is 2.01. The van der Waals surface area contributed by atoms with Crippen LogP contribution in [-0.4, -0.2) is 20.2 Å². The number of benzene rings is 4. The van der Waals surface area contributed by atoms with Gasteiger partial charge in [-0.1, -0.05) is 83.0 Å². The topological polar surface area (TPSA) is 79.0 Å². The van der Waals surface area contributed by atoms with Gasteiger partial charge in [0.05, 0.1) is 20.5 Å². The maximum atomic E-state index is 14.2. The number of nitro groups is 1. The van der Waals surface area contributed by atoms with Gasteiger partial charge in [-0.25, -0.2) is 5.01 Å². The van der Waals surface area contributed by atoms with Gasteiger partial charge in [-0.2, -0.15) is 5.10 Å². The number of nitrogens with zero attached hydrogens (tertiary/aromatic N) is 4. The van der Waals surface area contributed by atoms with E-state index in [2.05, 4.69) is 0 Å². The summed E-state index contributed by atoms with van der Waals surface area (Å²) in [4.78, 5) is 27.4. The van der Waals surface area contributed by atoms with Gasteiger partial charge in [0.1, 0.15) is 5.04 Å². The van der Waals surface area contributed by atoms with Gasteiger partial charge in [-0.05, 0) is 72.8 Å². The lowest BCUT2D eigenvalue weighted by atomic mass is 10.1. The van der Waals surface area contributed by atoms with E-state index in [1.54, 1.807) is 40.2 Å². The molecule has 0 aliphatic carbocycles. The first-order chi connectivity index (χ1) is 19.7. The van der Waals surface area contributed by atoms with Crippen molar-refractivity contribution in [1.82, 2.24) is 0 Å². The van der Waals surface area contributed by atoms with Crippen LogP contribution < -0.4 is 9.91 Å². The van der Waals surface area contributed by atoms with E-state index in [1.807, 2.05) is 67.6 Å². The largest absolute Gasteiger partial charge is 0.269 e. The number of non-ortho nitro benzene ring substituents is 1. The van der Waals surface area contributed by atoms with E-state index in [4.69, 9.17) is 28.3 Å². The Bertz CT molecular complexity index is 1730. The van der Waals surface area contributed by atoms with Crippen LogP contribution in [0.2, 0.25) is 10.0 Å². The Morgan fingerprint density at radius 2 is 1.61 bits per heavy atom. The molecule has 1 saturated heterocycles. The Labute approximate surface area is 254 Å². The zero-order valence-corrected chi connectivity index (χ0v) is 24.5. The molecule has 0 radical (unpaired) electrons. The highest BCUT2D eigenvalue weighted by Gasteiger charge is 2.59. The SMILES string of the molecule is Cc1ccc(/C=C2\SC3(SC(c4ccc(Cl)cc4Cl)=NN3c3ccc([N+](=O)[O-])cc3)N(c3ccccc3)C2=O)cc1. The van der Waals surface area contributed by atoms with Gasteiger partial charge in [0.2, 0.25) is 4.33 Å². The van der Waals surface area contributed by atoms with Gasteiger partial charge in [0.15, 0.2) is 0 Å². The third-order valence-electron chi connectivity index (χ3n) is 6.48. The van der Waals surface area contributed by atoms with Crippen molar-refractivity contribution in [2.75, 3.05) is 9.91 Å². The molecule has 2 aliphatic rings. The number of nitro benzene ring substituents is 1. The monoisotopic (exact) mass is 618 g/mol. The molecule has 1 unspecified atom stereocenters. The first-order valence-corrected chi connectivity index (χ1v) is 14.8. The number of rotatable bonds is 5. The second kappa shape index (κ2) is 10.9. The molecule has 204 valence electrons. The molecule has 0 bridgehead atoms. The summed E-state index contributed by atoms with van der Waals surface area (Å²) in [6, 6.07) is 28.6. The molecule has 4 aromatic rings. The fourth-order valence-electron chi connectivity index (χ4n) is 4.49. The molecule has 0 saturated carbocycles. The molecule has 1 amide bonds. The first-order valence-electron chi connectivity index (χ1n) is 12.4. The fourth-order valence-corrected chi connectivity index (χ4v) is 8.06. The predicted octanol–water partition coefficient (Wildman–Crippen LogP) is 8.56. The number of hydrogen-bond acceptors (Lipinski definition) is 7. The highest BCUT2D eigenvalue weighted by atomic mass is 35.5. The predicted molar refractivity (Wildman–Crippen MR) is 170 cm³/mol. The van der Waals surface area contributed by atoms with Crippen molar-refractivity contribution >= 4 is 80.8 Å². The molecule has 0 aromatic heterocycles. The van der Waals surface area contributed by atoms with E-state index >= 15 is 0 Å². The minimum atomic E-state index is -1.14. The van der Waals surface area contributed by atoms with E-state index in [0.717, 1.165) is 11.1 Å². The van der Waals surface area contributed by atoms with Gasteiger partial charge in [0.25, 0.3) is 11.6 Å². The lowest BCUT2D eigenvalue weighted by Crippen LogP contribution is -2.51. The lowest BCUT2D eigenvalue weighted by Gasteiger charge is -2.38. The number of thioether (sulfide) groups is 2. The molecule has 0 N–H and O–H groups in total. The Morgan fingerprint density at radius 1 is 0.902 bits per heavy atom. The molecule has 6 rings (SSSR count). The van der Waals surface area contributed by atoms with Crippen molar-refractivity contribution in [2.24, 2.45) is 5.10 Å². The van der Waals surface area contributed by atoms with E-state index in [1.165, 1.54) is 35.7 Å². The van der Waals surface area contributed by atoms with E-state index in [-0.39, 0.29) is 11.6 Å². The number of carbonyl (C=O) groups is 1. The molecule has 41 heavy (non-hydrogen) atoms. The number of halogens is 2.